The minimum Gasteiger partial charge on any atom is -0.486 e. The second kappa shape index (κ2) is 5.67. The van der Waals surface area contributed by atoms with Crippen LogP contribution in [-0.2, 0) is 4.79 Å². The molecule has 1 aromatic rings. The third-order valence-corrected chi connectivity index (χ3v) is 3.40. The lowest BCUT2D eigenvalue weighted by atomic mass is 10.0. The smallest absolute Gasteiger partial charge is 0.228 e. The van der Waals surface area contributed by atoms with Gasteiger partial charge >= 0.3 is 0 Å². The molecule has 19 heavy (non-hydrogen) atoms. The van der Waals surface area contributed by atoms with Crippen molar-refractivity contribution in [3.8, 4) is 11.5 Å². The molecule has 0 aromatic heterocycles. The van der Waals surface area contributed by atoms with E-state index in [-0.39, 0.29) is 17.9 Å². The summed E-state index contributed by atoms with van der Waals surface area (Å²) in [5.41, 5.74) is 6.20. The molecule has 5 nitrogen and oxygen atoms in total. The summed E-state index contributed by atoms with van der Waals surface area (Å²) in [6.07, 6.45) is 0. The number of carbonyl (C=O) groups is 1. The van der Waals surface area contributed by atoms with E-state index >= 15 is 0 Å². The van der Waals surface area contributed by atoms with Crippen LogP contribution in [0.15, 0.2) is 12.1 Å². The molecule has 0 aliphatic carbocycles. The lowest BCUT2D eigenvalue weighted by Gasteiger charge is -2.21. The largest absolute Gasteiger partial charge is 0.486 e. The Balaban J connectivity index is 2.19. The molecule has 1 amide bonds. The molecule has 1 heterocycles. The lowest BCUT2D eigenvalue weighted by molar-refractivity contribution is -0.119. The highest BCUT2D eigenvalue weighted by Gasteiger charge is 2.20. The molecule has 1 aliphatic rings. The number of benzene rings is 1. The van der Waals surface area contributed by atoms with Crippen LogP contribution in [0, 0.1) is 5.92 Å². The van der Waals surface area contributed by atoms with Gasteiger partial charge in [-0.3, -0.25) is 4.79 Å². The third kappa shape index (κ3) is 3.11. The van der Waals surface area contributed by atoms with Gasteiger partial charge in [-0.15, -0.1) is 0 Å². The average Bonchev–Trinajstić information content (AvgIpc) is 2.38. The van der Waals surface area contributed by atoms with Crippen LogP contribution in [0.2, 0.25) is 5.02 Å². The SMILES string of the molecule is CC(N)C(C)C(=O)Nc1cc2c(cc1Cl)OCCO2. The highest BCUT2D eigenvalue weighted by atomic mass is 35.5. The zero-order chi connectivity index (χ0) is 14.0. The molecule has 0 saturated heterocycles. The Kier molecular flexibility index (Phi) is 4.17. The standard InChI is InChI=1S/C13H17ClN2O3/c1-7(8(2)15)13(17)16-10-6-12-11(5-9(10)14)18-3-4-19-12/h5-8H,3-4,15H2,1-2H3,(H,16,17). The predicted octanol–water partition coefficient (Wildman–Crippen LogP) is 2.03. The fourth-order valence-corrected chi connectivity index (χ4v) is 1.85. The van der Waals surface area contributed by atoms with Gasteiger partial charge in [-0.2, -0.15) is 0 Å². The van der Waals surface area contributed by atoms with Crippen LogP contribution < -0.4 is 20.5 Å². The first-order valence-electron chi connectivity index (χ1n) is 6.14. The van der Waals surface area contributed by atoms with Crippen LogP contribution in [-0.4, -0.2) is 25.2 Å². The summed E-state index contributed by atoms with van der Waals surface area (Å²) >= 11 is 6.11. The van der Waals surface area contributed by atoms with Gasteiger partial charge in [0.1, 0.15) is 13.2 Å². The summed E-state index contributed by atoms with van der Waals surface area (Å²) in [5, 5.41) is 3.17. The van der Waals surface area contributed by atoms with Gasteiger partial charge in [0.05, 0.1) is 16.6 Å². The maximum absolute atomic E-state index is 12.0. The van der Waals surface area contributed by atoms with Gasteiger partial charge in [-0.25, -0.2) is 0 Å². The van der Waals surface area contributed by atoms with Crippen molar-refractivity contribution in [3.63, 3.8) is 0 Å². The van der Waals surface area contributed by atoms with Crippen molar-refractivity contribution in [2.45, 2.75) is 19.9 Å². The van der Waals surface area contributed by atoms with Gasteiger partial charge in [0.2, 0.25) is 5.91 Å². The normalized spacial score (nSPS) is 16.6. The molecule has 1 aliphatic heterocycles. The highest BCUT2D eigenvalue weighted by Crippen LogP contribution is 2.38. The summed E-state index contributed by atoms with van der Waals surface area (Å²) in [6, 6.07) is 3.08. The molecule has 2 rings (SSSR count). The number of hydrogen-bond donors (Lipinski definition) is 2. The Hall–Kier alpha value is -1.46. The number of ether oxygens (including phenoxy) is 2. The summed E-state index contributed by atoms with van der Waals surface area (Å²) in [7, 11) is 0. The van der Waals surface area contributed by atoms with E-state index in [0.717, 1.165) is 0 Å². The van der Waals surface area contributed by atoms with E-state index in [2.05, 4.69) is 5.32 Å². The molecule has 2 atom stereocenters. The number of halogens is 1. The second-order valence-corrected chi connectivity index (χ2v) is 5.02. The summed E-state index contributed by atoms with van der Waals surface area (Å²) in [4.78, 5) is 12.0. The number of anilines is 1. The second-order valence-electron chi connectivity index (χ2n) is 4.61. The monoisotopic (exact) mass is 284 g/mol. The summed E-state index contributed by atoms with van der Waals surface area (Å²) in [5.74, 6) is 0.701. The summed E-state index contributed by atoms with van der Waals surface area (Å²) in [6.45, 7) is 4.54. The Labute approximate surface area is 117 Å². The molecule has 3 N–H and O–H groups in total. The van der Waals surface area contributed by atoms with E-state index in [9.17, 15) is 4.79 Å². The first kappa shape index (κ1) is 14.0. The molecule has 104 valence electrons. The number of rotatable bonds is 3. The highest BCUT2D eigenvalue weighted by molar-refractivity contribution is 6.34. The Bertz CT molecular complexity index is 491. The van der Waals surface area contributed by atoms with Crippen LogP contribution in [0.4, 0.5) is 5.69 Å². The van der Waals surface area contributed by atoms with Crippen molar-refractivity contribution in [1.82, 2.24) is 0 Å². The van der Waals surface area contributed by atoms with E-state index in [1.54, 1.807) is 26.0 Å². The maximum Gasteiger partial charge on any atom is 0.228 e. The van der Waals surface area contributed by atoms with Crippen LogP contribution in [0.5, 0.6) is 11.5 Å². The minimum atomic E-state index is -0.302. The van der Waals surface area contributed by atoms with E-state index in [1.807, 2.05) is 0 Å². The van der Waals surface area contributed by atoms with Crippen molar-refractivity contribution >= 4 is 23.2 Å². The third-order valence-electron chi connectivity index (χ3n) is 3.09. The Morgan fingerprint density at radius 3 is 2.47 bits per heavy atom. The van der Waals surface area contributed by atoms with Gasteiger partial charge in [0, 0.05) is 18.2 Å². The molecule has 0 fully saturated rings. The molecule has 0 bridgehead atoms. The molecule has 0 saturated carbocycles. The van der Waals surface area contributed by atoms with E-state index in [0.29, 0.717) is 35.4 Å². The fourth-order valence-electron chi connectivity index (χ4n) is 1.65. The predicted molar refractivity (Wildman–Crippen MR) is 73.9 cm³/mol. The molecule has 0 radical (unpaired) electrons. The van der Waals surface area contributed by atoms with Crippen LogP contribution in [0.1, 0.15) is 13.8 Å². The van der Waals surface area contributed by atoms with Crippen molar-refractivity contribution < 1.29 is 14.3 Å². The van der Waals surface area contributed by atoms with E-state index in [1.165, 1.54) is 0 Å². The first-order valence-corrected chi connectivity index (χ1v) is 6.52. The zero-order valence-electron chi connectivity index (χ0n) is 10.9. The van der Waals surface area contributed by atoms with Gasteiger partial charge < -0.3 is 20.5 Å². The molecule has 2 unspecified atom stereocenters. The average molecular weight is 285 g/mol. The quantitative estimate of drug-likeness (QED) is 0.891. The zero-order valence-corrected chi connectivity index (χ0v) is 11.7. The molecule has 0 spiro atoms. The van der Waals surface area contributed by atoms with Crippen LogP contribution >= 0.6 is 11.6 Å². The molecular weight excluding hydrogens is 268 g/mol. The van der Waals surface area contributed by atoms with Gasteiger partial charge in [0.15, 0.2) is 11.5 Å². The number of fused-ring (bicyclic) bond motifs is 1. The lowest BCUT2D eigenvalue weighted by Crippen LogP contribution is -2.34. The van der Waals surface area contributed by atoms with Gasteiger partial charge in [0.25, 0.3) is 0 Å². The van der Waals surface area contributed by atoms with Crippen molar-refractivity contribution in [2.24, 2.45) is 11.7 Å². The van der Waals surface area contributed by atoms with Crippen LogP contribution in [0.3, 0.4) is 0 Å². The molecular formula is C13H17ClN2O3. The number of carbonyl (C=O) groups excluding carboxylic acids is 1. The molecule has 1 aromatic carbocycles. The number of nitrogens with one attached hydrogen (secondary N) is 1. The van der Waals surface area contributed by atoms with Gasteiger partial charge in [-0.05, 0) is 6.92 Å². The van der Waals surface area contributed by atoms with E-state index in [4.69, 9.17) is 26.8 Å². The Morgan fingerprint density at radius 1 is 1.32 bits per heavy atom. The summed E-state index contributed by atoms with van der Waals surface area (Å²) < 4.78 is 10.9. The van der Waals surface area contributed by atoms with Crippen molar-refractivity contribution in [3.05, 3.63) is 17.2 Å². The number of nitrogens with two attached hydrogens (primary N) is 1. The van der Waals surface area contributed by atoms with E-state index < -0.39 is 0 Å². The van der Waals surface area contributed by atoms with Crippen molar-refractivity contribution in [1.29, 1.82) is 0 Å². The number of amides is 1. The topological polar surface area (TPSA) is 73.6 Å². The minimum absolute atomic E-state index is 0.173. The molecule has 6 heteroatoms. The first-order chi connectivity index (χ1) is 8.99. The van der Waals surface area contributed by atoms with Crippen LogP contribution in [0.25, 0.3) is 0 Å². The number of hydrogen-bond acceptors (Lipinski definition) is 4. The fraction of sp³-hybridized carbons (Fsp3) is 0.462. The van der Waals surface area contributed by atoms with Crippen molar-refractivity contribution in [2.75, 3.05) is 18.5 Å². The Morgan fingerprint density at radius 2 is 1.89 bits per heavy atom. The van der Waals surface area contributed by atoms with Gasteiger partial charge in [-0.1, -0.05) is 18.5 Å². The maximum atomic E-state index is 12.0.